The predicted molar refractivity (Wildman–Crippen MR) is 70.9 cm³/mol. The SMILES string of the molecule is Cc1ccc2c(c1)C(C)(C)C(C)C(C)[C@@H]2C. The Hall–Kier alpha value is -0.780. The highest BCUT2D eigenvalue weighted by atomic mass is 14.4. The van der Waals surface area contributed by atoms with Gasteiger partial charge in [-0.15, -0.1) is 0 Å². The average Bonchev–Trinajstić information content (AvgIpc) is 2.24. The monoisotopic (exact) mass is 216 g/mol. The molecule has 0 nitrogen and oxygen atoms in total. The van der Waals surface area contributed by atoms with Crippen LogP contribution in [0.25, 0.3) is 0 Å². The van der Waals surface area contributed by atoms with Crippen LogP contribution in [0.1, 0.15) is 57.2 Å². The molecule has 16 heavy (non-hydrogen) atoms. The van der Waals surface area contributed by atoms with Gasteiger partial charge >= 0.3 is 0 Å². The zero-order valence-electron chi connectivity index (χ0n) is 11.5. The molecule has 2 unspecified atom stereocenters. The smallest absolute Gasteiger partial charge is 0.00723 e. The molecule has 0 saturated carbocycles. The number of benzene rings is 1. The van der Waals surface area contributed by atoms with Crippen LogP contribution in [0, 0.1) is 18.8 Å². The topological polar surface area (TPSA) is 0 Å². The van der Waals surface area contributed by atoms with Crippen molar-refractivity contribution in [3.05, 3.63) is 34.9 Å². The van der Waals surface area contributed by atoms with Crippen molar-refractivity contribution in [1.29, 1.82) is 0 Å². The first-order chi connectivity index (χ1) is 7.35. The molecule has 0 amide bonds. The van der Waals surface area contributed by atoms with E-state index >= 15 is 0 Å². The lowest BCUT2D eigenvalue weighted by atomic mass is 9.58. The average molecular weight is 216 g/mol. The van der Waals surface area contributed by atoms with Gasteiger partial charge in [0.05, 0.1) is 0 Å². The lowest BCUT2D eigenvalue weighted by Crippen LogP contribution is -2.39. The van der Waals surface area contributed by atoms with Gasteiger partial charge < -0.3 is 0 Å². The van der Waals surface area contributed by atoms with Crippen molar-refractivity contribution >= 4 is 0 Å². The first kappa shape index (κ1) is 11.7. The Morgan fingerprint density at radius 2 is 1.69 bits per heavy atom. The second kappa shape index (κ2) is 3.61. The normalized spacial score (nSPS) is 32.2. The van der Waals surface area contributed by atoms with E-state index in [1.165, 1.54) is 5.56 Å². The van der Waals surface area contributed by atoms with Crippen LogP contribution in [-0.4, -0.2) is 0 Å². The van der Waals surface area contributed by atoms with Crippen molar-refractivity contribution in [3.8, 4) is 0 Å². The Kier molecular flexibility index (Phi) is 2.64. The van der Waals surface area contributed by atoms with Gasteiger partial charge in [-0.2, -0.15) is 0 Å². The van der Waals surface area contributed by atoms with Crippen molar-refractivity contribution in [2.75, 3.05) is 0 Å². The van der Waals surface area contributed by atoms with Crippen molar-refractivity contribution in [1.82, 2.24) is 0 Å². The molecule has 0 saturated heterocycles. The summed E-state index contributed by atoms with van der Waals surface area (Å²) in [5, 5.41) is 0. The maximum Gasteiger partial charge on any atom is -0.00723 e. The Morgan fingerprint density at radius 3 is 2.31 bits per heavy atom. The Labute approximate surface area is 100 Å². The molecule has 0 radical (unpaired) electrons. The lowest BCUT2D eigenvalue weighted by Gasteiger charge is -2.46. The largest absolute Gasteiger partial charge is 0.0616 e. The number of hydrogen-bond donors (Lipinski definition) is 0. The molecule has 2 rings (SSSR count). The molecule has 0 N–H and O–H groups in total. The molecular weight excluding hydrogens is 192 g/mol. The van der Waals surface area contributed by atoms with E-state index in [1.807, 2.05) is 0 Å². The molecule has 1 aromatic carbocycles. The third-order valence-corrected chi connectivity index (χ3v) is 5.11. The molecule has 0 heteroatoms. The number of hydrogen-bond acceptors (Lipinski definition) is 0. The molecule has 0 heterocycles. The van der Waals surface area contributed by atoms with Crippen LogP contribution in [-0.2, 0) is 5.41 Å². The fraction of sp³-hybridized carbons (Fsp3) is 0.625. The standard InChI is InChI=1S/C16H24/c1-10-7-8-14-12(3)11(2)13(4)16(5,6)15(14)9-10/h7-9,11-13H,1-6H3/t11?,12-,13?/m0/s1. The van der Waals surface area contributed by atoms with Crippen LogP contribution in [0.2, 0.25) is 0 Å². The summed E-state index contributed by atoms with van der Waals surface area (Å²) in [4.78, 5) is 0. The molecular formula is C16H24. The molecule has 1 aliphatic rings. The van der Waals surface area contributed by atoms with Crippen LogP contribution in [0.4, 0.5) is 0 Å². The number of rotatable bonds is 0. The van der Waals surface area contributed by atoms with Crippen LogP contribution in [0.5, 0.6) is 0 Å². The summed E-state index contributed by atoms with van der Waals surface area (Å²) in [5.41, 5.74) is 4.85. The van der Waals surface area contributed by atoms with Gasteiger partial charge in [0.1, 0.15) is 0 Å². The molecule has 0 aliphatic heterocycles. The highest BCUT2D eigenvalue weighted by Gasteiger charge is 2.40. The van der Waals surface area contributed by atoms with E-state index in [9.17, 15) is 0 Å². The minimum Gasteiger partial charge on any atom is -0.0616 e. The highest BCUT2D eigenvalue weighted by molar-refractivity contribution is 5.42. The quantitative estimate of drug-likeness (QED) is 0.591. The Morgan fingerprint density at radius 1 is 1.06 bits per heavy atom. The van der Waals surface area contributed by atoms with Crippen LogP contribution >= 0.6 is 0 Å². The summed E-state index contributed by atoms with van der Waals surface area (Å²) in [5.74, 6) is 2.21. The van der Waals surface area contributed by atoms with E-state index in [0.717, 1.165) is 11.8 Å². The second-order valence-electron chi connectivity index (χ2n) is 6.25. The highest BCUT2D eigenvalue weighted by Crippen LogP contribution is 2.49. The van der Waals surface area contributed by atoms with E-state index < -0.39 is 0 Å². The summed E-state index contributed by atoms with van der Waals surface area (Å²) in [7, 11) is 0. The van der Waals surface area contributed by atoms with Crippen LogP contribution in [0.3, 0.4) is 0 Å². The van der Waals surface area contributed by atoms with E-state index in [2.05, 4.69) is 59.7 Å². The predicted octanol–water partition coefficient (Wildman–Crippen LogP) is 4.66. The minimum absolute atomic E-state index is 0.313. The maximum absolute atomic E-state index is 2.41. The minimum atomic E-state index is 0.313. The first-order valence-electron chi connectivity index (χ1n) is 6.46. The van der Waals surface area contributed by atoms with Gasteiger partial charge in [0.2, 0.25) is 0 Å². The van der Waals surface area contributed by atoms with Gasteiger partial charge in [0.25, 0.3) is 0 Å². The zero-order valence-corrected chi connectivity index (χ0v) is 11.5. The zero-order chi connectivity index (χ0) is 12.1. The van der Waals surface area contributed by atoms with Gasteiger partial charge in [-0.3, -0.25) is 0 Å². The molecule has 88 valence electrons. The molecule has 0 fully saturated rings. The van der Waals surface area contributed by atoms with Gasteiger partial charge in [-0.1, -0.05) is 58.4 Å². The van der Waals surface area contributed by atoms with Crippen LogP contribution in [0.15, 0.2) is 18.2 Å². The van der Waals surface area contributed by atoms with Gasteiger partial charge in [0, 0.05) is 0 Å². The molecule has 1 aliphatic carbocycles. The number of aryl methyl sites for hydroxylation is 1. The van der Waals surface area contributed by atoms with Crippen LogP contribution < -0.4 is 0 Å². The van der Waals surface area contributed by atoms with Crippen molar-refractivity contribution in [3.63, 3.8) is 0 Å². The fourth-order valence-corrected chi connectivity index (χ4v) is 3.24. The van der Waals surface area contributed by atoms with Crippen molar-refractivity contribution in [2.45, 2.75) is 52.9 Å². The first-order valence-corrected chi connectivity index (χ1v) is 6.46. The van der Waals surface area contributed by atoms with Crippen molar-refractivity contribution < 1.29 is 0 Å². The fourth-order valence-electron chi connectivity index (χ4n) is 3.24. The Balaban J connectivity index is 2.64. The molecule has 0 spiro atoms. The maximum atomic E-state index is 2.41. The van der Waals surface area contributed by atoms with Gasteiger partial charge in [0.15, 0.2) is 0 Å². The Bertz CT molecular complexity index is 400. The summed E-state index contributed by atoms with van der Waals surface area (Å²) in [6.07, 6.45) is 0. The molecule has 3 atom stereocenters. The summed E-state index contributed by atoms with van der Waals surface area (Å²) in [6, 6.07) is 7.00. The second-order valence-corrected chi connectivity index (χ2v) is 6.25. The van der Waals surface area contributed by atoms with Crippen molar-refractivity contribution in [2.24, 2.45) is 11.8 Å². The summed E-state index contributed by atoms with van der Waals surface area (Å²) in [6.45, 7) is 14.2. The van der Waals surface area contributed by atoms with E-state index in [-0.39, 0.29) is 0 Å². The van der Waals surface area contributed by atoms with E-state index in [4.69, 9.17) is 0 Å². The van der Waals surface area contributed by atoms with E-state index in [1.54, 1.807) is 11.1 Å². The molecule has 0 bridgehead atoms. The number of fused-ring (bicyclic) bond motifs is 1. The summed E-state index contributed by atoms with van der Waals surface area (Å²) < 4.78 is 0. The van der Waals surface area contributed by atoms with Gasteiger partial charge in [-0.05, 0) is 41.2 Å². The third kappa shape index (κ3) is 1.50. The molecule has 1 aromatic rings. The van der Waals surface area contributed by atoms with E-state index in [0.29, 0.717) is 11.3 Å². The van der Waals surface area contributed by atoms with Gasteiger partial charge in [-0.25, -0.2) is 0 Å². The summed E-state index contributed by atoms with van der Waals surface area (Å²) >= 11 is 0. The molecule has 0 aromatic heterocycles. The third-order valence-electron chi connectivity index (χ3n) is 5.11. The lowest BCUT2D eigenvalue weighted by molar-refractivity contribution is 0.198.